The van der Waals surface area contributed by atoms with Crippen molar-refractivity contribution in [2.45, 2.75) is 0 Å². The molecule has 0 unspecified atom stereocenters. The first-order chi connectivity index (χ1) is 7.40. The fraction of sp³-hybridized carbons (Fsp3) is 0.200. The van der Waals surface area contributed by atoms with E-state index in [0.29, 0.717) is 0 Å². The number of hydrogen-bond acceptors (Lipinski definition) is 4. The molecule has 0 bridgehead atoms. The summed E-state index contributed by atoms with van der Waals surface area (Å²) in [6.07, 6.45) is 0. The Morgan fingerprint density at radius 3 is 2.31 bits per heavy atom. The van der Waals surface area contributed by atoms with Gasteiger partial charge in [-0.1, -0.05) is 12.2 Å². The van der Waals surface area contributed by atoms with Gasteiger partial charge in [-0.3, -0.25) is 4.79 Å². The second kappa shape index (κ2) is 4.80. The third kappa shape index (κ3) is 3.09. The van der Waals surface area contributed by atoms with Crippen LogP contribution in [-0.2, 0) is 0 Å². The van der Waals surface area contributed by atoms with Crippen LogP contribution in [0.3, 0.4) is 0 Å². The van der Waals surface area contributed by atoms with Gasteiger partial charge in [-0.15, -0.1) is 0 Å². The molecule has 4 N–H and O–H groups in total. The number of thiocarbonyl (C=S) groups is 1. The average Bonchev–Trinajstić information content (AvgIpc) is 2.13. The van der Waals surface area contributed by atoms with Gasteiger partial charge in [0.2, 0.25) is 0 Å². The van der Waals surface area contributed by atoms with Gasteiger partial charge in [0.05, 0.1) is 11.5 Å². The van der Waals surface area contributed by atoms with Crippen LogP contribution in [0.1, 0.15) is 10.4 Å². The molecule has 0 saturated heterocycles. The molecular formula is C10H12N2O3S. The second-order valence-corrected chi connectivity index (χ2v) is 3.89. The maximum Gasteiger partial charge on any atom is 0.254 e. The number of nitrogens with two attached hydrogens (primary N) is 1. The fourth-order valence-corrected chi connectivity index (χ4v) is 1.44. The van der Waals surface area contributed by atoms with Gasteiger partial charge in [0, 0.05) is 18.7 Å². The minimum absolute atomic E-state index is 0.143. The van der Waals surface area contributed by atoms with Crippen LogP contribution in [0.15, 0.2) is 18.2 Å². The van der Waals surface area contributed by atoms with Gasteiger partial charge >= 0.3 is 0 Å². The highest BCUT2D eigenvalue weighted by molar-refractivity contribution is 7.80. The Hall–Kier alpha value is -1.82. The summed E-state index contributed by atoms with van der Waals surface area (Å²) in [5.74, 6) is -0.724. The van der Waals surface area contributed by atoms with E-state index in [1.165, 1.54) is 24.1 Å². The number of carbonyl (C=O) groups excluding carboxylic acids is 1. The third-order valence-corrected chi connectivity index (χ3v) is 2.02. The van der Waals surface area contributed by atoms with Gasteiger partial charge in [-0.05, 0) is 12.1 Å². The quantitative estimate of drug-likeness (QED) is 0.668. The summed E-state index contributed by atoms with van der Waals surface area (Å²) in [7, 11) is 1.53. The van der Waals surface area contributed by atoms with Crippen molar-refractivity contribution in [2.24, 2.45) is 5.73 Å². The molecule has 0 aromatic heterocycles. The maximum atomic E-state index is 11.8. The van der Waals surface area contributed by atoms with E-state index in [4.69, 9.17) is 5.73 Å². The summed E-state index contributed by atoms with van der Waals surface area (Å²) < 4.78 is 0. The molecule has 16 heavy (non-hydrogen) atoms. The molecule has 0 fully saturated rings. The molecule has 5 nitrogen and oxygen atoms in total. The van der Waals surface area contributed by atoms with E-state index in [1.54, 1.807) is 0 Å². The SMILES string of the molecule is CN(CC(N)=S)C(=O)c1cc(O)cc(O)c1. The number of amides is 1. The number of phenolic OH excluding ortho intramolecular Hbond substituents is 2. The number of phenols is 2. The van der Waals surface area contributed by atoms with E-state index in [9.17, 15) is 15.0 Å². The van der Waals surface area contributed by atoms with Crippen molar-refractivity contribution in [3.8, 4) is 11.5 Å². The van der Waals surface area contributed by atoms with Crippen LogP contribution in [0.25, 0.3) is 0 Å². The van der Waals surface area contributed by atoms with Gasteiger partial charge < -0.3 is 20.8 Å². The smallest absolute Gasteiger partial charge is 0.254 e. The normalized spacial score (nSPS) is 9.81. The molecule has 0 spiro atoms. The molecule has 86 valence electrons. The molecule has 1 rings (SSSR count). The minimum atomic E-state index is -0.376. The van der Waals surface area contributed by atoms with Gasteiger partial charge in [0.15, 0.2) is 0 Å². The summed E-state index contributed by atoms with van der Waals surface area (Å²) in [5, 5.41) is 18.5. The molecule has 0 heterocycles. The summed E-state index contributed by atoms with van der Waals surface area (Å²) in [6.45, 7) is 0.143. The molecule has 0 aliphatic carbocycles. The van der Waals surface area contributed by atoms with Gasteiger partial charge in [-0.2, -0.15) is 0 Å². The Kier molecular flexibility index (Phi) is 3.68. The van der Waals surface area contributed by atoms with Crippen molar-refractivity contribution in [1.29, 1.82) is 0 Å². The number of benzene rings is 1. The molecular weight excluding hydrogens is 228 g/mol. The number of carbonyl (C=O) groups is 1. The topological polar surface area (TPSA) is 86.8 Å². The Morgan fingerprint density at radius 1 is 1.38 bits per heavy atom. The highest BCUT2D eigenvalue weighted by atomic mass is 32.1. The van der Waals surface area contributed by atoms with Crippen LogP contribution in [0.5, 0.6) is 11.5 Å². The van der Waals surface area contributed by atoms with E-state index in [-0.39, 0.29) is 34.5 Å². The predicted octanol–water partition coefficient (Wildman–Crippen LogP) is 0.456. The van der Waals surface area contributed by atoms with Crippen LogP contribution >= 0.6 is 12.2 Å². The average molecular weight is 240 g/mol. The molecule has 1 aromatic rings. The monoisotopic (exact) mass is 240 g/mol. The van der Waals surface area contributed by atoms with E-state index >= 15 is 0 Å². The lowest BCUT2D eigenvalue weighted by molar-refractivity contribution is 0.0814. The minimum Gasteiger partial charge on any atom is -0.508 e. The molecule has 0 saturated carbocycles. The fourth-order valence-electron chi connectivity index (χ4n) is 1.24. The van der Waals surface area contributed by atoms with Crippen molar-refractivity contribution in [3.63, 3.8) is 0 Å². The van der Waals surface area contributed by atoms with E-state index in [2.05, 4.69) is 12.2 Å². The lowest BCUT2D eigenvalue weighted by atomic mass is 10.2. The van der Waals surface area contributed by atoms with Crippen LogP contribution in [0.2, 0.25) is 0 Å². The molecule has 0 radical (unpaired) electrons. The molecule has 0 aliphatic rings. The first kappa shape index (κ1) is 12.3. The van der Waals surface area contributed by atoms with Crippen LogP contribution in [-0.4, -0.2) is 39.6 Å². The largest absolute Gasteiger partial charge is 0.508 e. The lowest BCUT2D eigenvalue weighted by Crippen LogP contribution is -2.34. The Morgan fingerprint density at radius 2 is 1.88 bits per heavy atom. The highest BCUT2D eigenvalue weighted by Gasteiger charge is 2.13. The van der Waals surface area contributed by atoms with Crippen molar-refractivity contribution in [2.75, 3.05) is 13.6 Å². The summed E-state index contributed by atoms with van der Waals surface area (Å²) in [4.78, 5) is 13.3. The molecule has 6 heteroatoms. The Balaban J connectivity index is 2.91. The molecule has 1 amide bonds. The van der Waals surface area contributed by atoms with E-state index in [0.717, 1.165) is 6.07 Å². The van der Waals surface area contributed by atoms with Crippen LogP contribution in [0, 0.1) is 0 Å². The van der Waals surface area contributed by atoms with Gasteiger partial charge in [0.1, 0.15) is 11.5 Å². The maximum absolute atomic E-state index is 11.8. The third-order valence-electron chi connectivity index (χ3n) is 1.89. The van der Waals surface area contributed by atoms with Crippen molar-refractivity contribution >= 4 is 23.1 Å². The van der Waals surface area contributed by atoms with Crippen LogP contribution < -0.4 is 5.73 Å². The number of likely N-dealkylation sites (N-methyl/N-ethyl adjacent to an activating group) is 1. The summed E-state index contributed by atoms with van der Waals surface area (Å²) in [6, 6.07) is 3.67. The molecule has 0 atom stereocenters. The highest BCUT2D eigenvalue weighted by Crippen LogP contribution is 2.21. The van der Waals surface area contributed by atoms with Crippen molar-refractivity contribution in [1.82, 2.24) is 4.90 Å². The zero-order valence-electron chi connectivity index (χ0n) is 8.67. The zero-order chi connectivity index (χ0) is 12.3. The van der Waals surface area contributed by atoms with Crippen molar-refractivity contribution < 1.29 is 15.0 Å². The number of rotatable bonds is 3. The zero-order valence-corrected chi connectivity index (χ0v) is 9.49. The van der Waals surface area contributed by atoms with Crippen molar-refractivity contribution in [3.05, 3.63) is 23.8 Å². The first-order valence-corrected chi connectivity index (χ1v) is 4.88. The lowest BCUT2D eigenvalue weighted by Gasteiger charge is -2.16. The first-order valence-electron chi connectivity index (χ1n) is 4.47. The standard InChI is InChI=1S/C10H12N2O3S/c1-12(5-9(11)16)10(15)6-2-7(13)4-8(14)3-6/h2-4,13-14H,5H2,1H3,(H2,11,16). The number of aromatic hydroxyl groups is 2. The second-order valence-electron chi connectivity index (χ2n) is 3.37. The number of hydrogen-bond donors (Lipinski definition) is 3. The Bertz CT molecular complexity index is 414. The van der Waals surface area contributed by atoms with Gasteiger partial charge in [-0.25, -0.2) is 0 Å². The summed E-state index contributed by atoms with van der Waals surface area (Å²) >= 11 is 4.68. The predicted molar refractivity (Wildman–Crippen MR) is 63.5 cm³/mol. The molecule has 1 aromatic carbocycles. The summed E-state index contributed by atoms with van der Waals surface area (Å²) in [5.41, 5.74) is 5.48. The van der Waals surface area contributed by atoms with Crippen LogP contribution in [0.4, 0.5) is 0 Å². The Labute approximate surface area is 98.1 Å². The molecule has 0 aliphatic heterocycles. The number of nitrogens with zero attached hydrogens (tertiary/aromatic N) is 1. The van der Waals surface area contributed by atoms with Gasteiger partial charge in [0.25, 0.3) is 5.91 Å². The van der Waals surface area contributed by atoms with E-state index in [1.807, 2.05) is 0 Å². The van der Waals surface area contributed by atoms with E-state index < -0.39 is 0 Å².